The minimum atomic E-state index is 0.0201. The van der Waals surface area contributed by atoms with Crippen molar-refractivity contribution in [2.45, 2.75) is 39.2 Å². The molecule has 2 atom stereocenters. The van der Waals surface area contributed by atoms with Crippen LogP contribution < -0.4 is 0 Å². The molecular formula is C17H20N6O2. The molecule has 0 unspecified atom stereocenters. The van der Waals surface area contributed by atoms with E-state index in [2.05, 4.69) is 46.4 Å². The molecule has 0 N–H and O–H groups in total. The molecule has 1 saturated heterocycles. The van der Waals surface area contributed by atoms with Crippen molar-refractivity contribution in [1.29, 1.82) is 0 Å². The lowest BCUT2D eigenvalue weighted by molar-refractivity contribution is 0.0193. The summed E-state index contributed by atoms with van der Waals surface area (Å²) in [4.78, 5) is 4.66. The lowest BCUT2D eigenvalue weighted by Crippen LogP contribution is -2.30. The predicted octanol–water partition coefficient (Wildman–Crippen LogP) is 2.63. The summed E-state index contributed by atoms with van der Waals surface area (Å²) in [5, 5.41) is 15.6. The Hall–Kier alpha value is -2.61. The third-order valence-electron chi connectivity index (χ3n) is 4.45. The number of hydrogen-bond donors (Lipinski definition) is 0. The number of ether oxygens (including phenoxy) is 1. The summed E-state index contributed by atoms with van der Waals surface area (Å²) in [5.74, 6) is 1.29. The minimum Gasteiger partial charge on any atom is -0.377 e. The van der Waals surface area contributed by atoms with Crippen LogP contribution in [0.25, 0.3) is 17.1 Å². The quantitative estimate of drug-likeness (QED) is 0.723. The second kappa shape index (κ2) is 6.03. The first-order chi connectivity index (χ1) is 12.0. The second-order valence-corrected chi connectivity index (χ2v) is 7.28. The Kier molecular flexibility index (Phi) is 3.84. The summed E-state index contributed by atoms with van der Waals surface area (Å²) in [5.41, 5.74) is 1.60. The number of tetrazole rings is 1. The lowest BCUT2D eigenvalue weighted by Gasteiger charge is -2.29. The van der Waals surface area contributed by atoms with Crippen molar-refractivity contribution in [2.24, 2.45) is 5.41 Å². The molecule has 25 heavy (non-hydrogen) atoms. The molecule has 4 rings (SSSR count). The third kappa shape index (κ3) is 2.93. The van der Waals surface area contributed by atoms with Gasteiger partial charge in [-0.1, -0.05) is 38.1 Å². The van der Waals surface area contributed by atoms with Crippen molar-refractivity contribution < 1.29 is 9.26 Å². The monoisotopic (exact) mass is 340 g/mol. The molecule has 2 aromatic heterocycles. The standard InChI is InChI=1S/C17H20N6O2/c1-17(2,3)14-12(8-9-24-14)15-19-16(25-20-15)11-6-4-5-7-13(11)23-10-18-21-22-23/h4-7,10,12,14H,8-9H2,1-3H3/t12-,14-/m1/s1. The average Bonchev–Trinajstić information content (AvgIpc) is 3.33. The first-order valence-corrected chi connectivity index (χ1v) is 8.32. The van der Waals surface area contributed by atoms with Crippen LogP contribution in [0.1, 0.15) is 38.9 Å². The molecule has 0 aliphatic carbocycles. The fraction of sp³-hybridized carbons (Fsp3) is 0.471. The van der Waals surface area contributed by atoms with E-state index < -0.39 is 0 Å². The minimum absolute atomic E-state index is 0.0201. The molecule has 1 aromatic carbocycles. The molecule has 3 aromatic rings. The smallest absolute Gasteiger partial charge is 0.260 e. The first kappa shape index (κ1) is 15.9. The number of hydrogen-bond acceptors (Lipinski definition) is 7. The topological polar surface area (TPSA) is 91.8 Å². The summed E-state index contributed by atoms with van der Waals surface area (Å²) in [7, 11) is 0. The molecule has 130 valence electrons. The molecular weight excluding hydrogens is 320 g/mol. The number of benzene rings is 1. The molecule has 1 aliphatic heterocycles. The van der Waals surface area contributed by atoms with Gasteiger partial charge in [0.2, 0.25) is 0 Å². The van der Waals surface area contributed by atoms with Crippen LogP contribution in [0.4, 0.5) is 0 Å². The van der Waals surface area contributed by atoms with Gasteiger partial charge in [-0.15, -0.1) is 5.10 Å². The van der Waals surface area contributed by atoms with E-state index in [9.17, 15) is 0 Å². The van der Waals surface area contributed by atoms with Gasteiger partial charge in [0.1, 0.15) is 6.33 Å². The van der Waals surface area contributed by atoms with E-state index in [-0.39, 0.29) is 17.4 Å². The van der Waals surface area contributed by atoms with Gasteiger partial charge in [-0.05, 0) is 34.4 Å². The molecule has 3 heterocycles. The Morgan fingerprint density at radius 1 is 1.20 bits per heavy atom. The van der Waals surface area contributed by atoms with Crippen molar-refractivity contribution in [2.75, 3.05) is 6.61 Å². The predicted molar refractivity (Wildman–Crippen MR) is 89.0 cm³/mol. The first-order valence-electron chi connectivity index (χ1n) is 8.32. The van der Waals surface area contributed by atoms with Crippen LogP contribution >= 0.6 is 0 Å². The van der Waals surface area contributed by atoms with Gasteiger partial charge in [0.15, 0.2) is 5.82 Å². The average molecular weight is 340 g/mol. The van der Waals surface area contributed by atoms with Gasteiger partial charge in [0, 0.05) is 6.61 Å². The van der Waals surface area contributed by atoms with Crippen molar-refractivity contribution in [1.82, 2.24) is 30.3 Å². The highest BCUT2D eigenvalue weighted by atomic mass is 16.5. The van der Waals surface area contributed by atoms with E-state index in [4.69, 9.17) is 9.26 Å². The zero-order valence-electron chi connectivity index (χ0n) is 14.5. The van der Waals surface area contributed by atoms with Crippen molar-refractivity contribution in [3.63, 3.8) is 0 Å². The van der Waals surface area contributed by atoms with E-state index in [1.54, 1.807) is 4.68 Å². The van der Waals surface area contributed by atoms with Gasteiger partial charge in [-0.3, -0.25) is 0 Å². The van der Waals surface area contributed by atoms with Crippen LogP contribution in [0, 0.1) is 5.41 Å². The number of rotatable bonds is 3. The fourth-order valence-corrected chi connectivity index (χ4v) is 3.33. The van der Waals surface area contributed by atoms with Gasteiger partial charge in [-0.25, -0.2) is 0 Å². The van der Waals surface area contributed by atoms with Crippen LogP contribution in [0.2, 0.25) is 0 Å². The maximum absolute atomic E-state index is 5.93. The van der Waals surface area contributed by atoms with Gasteiger partial charge < -0.3 is 9.26 Å². The Bertz CT molecular complexity index is 852. The molecule has 0 bridgehead atoms. The van der Waals surface area contributed by atoms with Crippen LogP contribution in [0.5, 0.6) is 0 Å². The zero-order chi connectivity index (χ0) is 17.4. The Labute approximate surface area is 145 Å². The molecule has 0 saturated carbocycles. The van der Waals surface area contributed by atoms with Crippen LogP contribution in [-0.4, -0.2) is 43.1 Å². The van der Waals surface area contributed by atoms with E-state index in [1.165, 1.54) is 6.33 Å². The van der Waals surface area contributed by atoms with Gasteiger partial charge >= 0.3 is 0 Å². The normalized spacial score (nSPS) is 20.9. The summed E-state index contributed by atoms with van der Waals surface area (Å²) < 4.78 is 13.1. The Balaban J connectivity index is 1.69. The number of aromatic nitrogens is 6. The van der Waals surface area contributed by atoms with Crippen molar-refractivity contribution in [3.8, 4) is 17.1 Å². The summed E-state index contributed by atoms with van der Waals surface area (Å²) in [6.07, 6.45) is 2.51. The Morgan fingerprint density at radius 3 is 2.80 bits per heavy atom. The summed E-state index contributed by atoms with van der Waals surface area (Å²) in [6, 6.07) is 7.66. The second-order valence-electron chi connectivity index (χ2n) is 7.28. The lowest BCUT2D eigenvalue weighted by atomic mass is 9.81. The molecule has 1 aliphatic rings. The van der Waals surface area contributed by atoms with Crippen LogP contribution in [0.3, 0.4) is 0 Å². The maximum atomic E-state index is 5.93. The largest absolute Gasteiger partial charge is 0.377 e. The summed E-state index contributed by atoms with van der Waals surface area (Å²) >= 11 is 0. The summed E-state index contributed by atoms with van der Waals surface area (Å²) in [6.45, 7) is 7.23. The fourth-order valence-electron chi connectivity index (χ4n) is 3.33. The zero-order valence-corrected chi connectivity index (χ0v) is 14.5. The number of nitrogens with zero attached hydrogens (tertiary/aromatic N) is 6. The molecule has 8 nitrogen and oxygen atoms in total. The van der Waals surface area contributed by atoms with E-state index in [0.717, 1.165) is 24.3 Å². The third-order valence-corrected chi connectivity index (χ3v) is 4.45. The molecule has 0 radical (unpaired) electrons. The number of para-hydroxylation sites is 1. The molecule has 8 heteroatoms. The van der Waals surface area contributed by atoms with Crippen LogP contribution in [-0.2, 0) is 4.74 Å². The van der Waals surface area contributed by atoms with E-state index in [1.807, 2.05) is 24.3 Å². The maximum Gasteiger partial charge on any atom is 0.260 e. The SMILES string of the molecule is CC(C)(C)[C@@H]1OCC[C@H]1c1noc(-c2ccccc2-n2cnnn2)n1. The highest BCUT2D eigenvalue weighted by Gasteiger charge is 2.40. The van der Waals surface area contributed by atoms with Gasteiger partial charge in [0.05, 0.1) is 23.3 Å². The molecule has 0 amide bonds. The highest BCUT2D eigenvalue weighted by molar-refractivity contribution is 5.65. The van der Waals surface area contributed by atoms with Gasteiger partial charge in [-0.2, -0.15) is 9.67 Å². The van der Waals surface area contributed by atoms with Crippen molar-refractivity contribution >= 4 is 0 Å². The van der Waals surface area contributed by atoms with Crippen LogP contribution in [0.15, 0.2) is 35.1 Å². The van der Waals surface area contributed by atoms with E-state index in [0.29, 0.717) is 11.7 Å². The van der Waals surface area contributed by atoms with E-state index >= 15 is 0 Å². The van der Waals surface area contributed by atoms with Gasteiger partial charge in [0.25, 0.3) is 5.89 Å². The Morgan fingerprint density at radius 2 is 2.04 bits per heavy atom. The molecule has 0 spiro atoms. The highest BCUT2D eigenvalue weighted by Crippen LogP contribution is 2.40. The molecule has 1 fully saturated rings. The van der Waals surface area contributed by atoms with Crippen molar-refractivity contribution in [3.05, 3.63) is 36.4 Å².